The fourth-order valence-electron chi connectivity index (χ4n) is 5.76. The fraction of sp³-hybridized carbons (Fsp3) is 0.412. The van der Waals surface area contributed by atoms with Crippen LogP contribution in [0.15, 0.2) is 67.0 Å². The largest absolute Gasteiger partial charge is 0.476 e. The van der Waals surface area contributed by atoms with Crippen molar-refractivity contribution >= 4 is 40.9 Å². The van der Waals surface area contributed by atoms with Gasteiger partial charge in [0.05, 0.1) is 40.4 Å². The van der Waals surface area contributed by atoms with Crippen molar-refractivity contribution in [2.45, 2.75) is 37.7 Å². The molecule has 16 heteroatoms. The summed E-state index contributed by atoms with van der Waals surface area (Å²) in [7, 11) is 1.50. The zero-order chi connectivity index (χ0) is 36.7. The number of hydrogen-bond acceptors (Lipinski definition) is 7. The predicted molar refractivity (Wildman–Crippen MR) is 178 cm³/mol. The first kappa shape index (κ1) is 38.3. The summed E-state index contributed by atoms with van der Waals surface area (Å²) < 4.78 is 87.4. The number of aromatic nitrogens is 1. The number of likely N-dealkylation sites (tertiary alicyclic amines) is 1. The number of amides is 3. The van der Waals surface area contributed by atoms with E-state index in [2.05, 4.69) is 10.3 Å². The number of para-hydroxylation sites is 2. The number of rotatable bonds is 12. The third kappa shape index (κ3) is 9.20. The maximum absolute atomic E-state index is 14.3. The van der Waals surface area contributed by atoms with Crippen molar-refractivity contribution in [2.24, 2.45) is 0 Å². The zero-order valence-corrected chi connectivity index (χ0v) is 28.4. The summed E-state index contributed by atoms with van der Waals surface area (Å²) in [6, 6.07) is 11.6. The van der Waals surface area contributed by atoms with Crippen LogP contribution in [0, 0.1) is 0 Å². The number of ether oxygens (including phenoxy) is 1. The highest BCUT2D eigenvalue weighted by Crippen LogP contribution is 2.36. The van der Waals surface area contributed by atoms with E-state index in [-0.39, 0.29) is 49.9 Å². The summed E-state index contributed by atoms with van der Waals surface area (Å²) in [5.41, 5.74) is -3.38. The Morgan fingerprint density at radius 3 is 2.34 bits per heavy atom. The van der Waals surface area contributed by atoms with E-state index < -0.39 is 53.0 Å². The number of benzene rings is 2. The van der Waals surface area contributed by atoms with E-state index in [9.17, 15) is 40.7 Å². The summed E-state index contributed by atoms with van der Waals surface area (Å²) in [4.78, 5) is 48.3. The van der Waals surface area contributed by atoms with Gasteiger partial charge < -0.3 is 24.8 Å². The number of hydrogen-bond donors (Lipinski definition) is 1. The number of carbonyl (C=O) groups is 3. The molecule has 1 N–H and O–H groups in total. The van der Waals surface area contributed by atoms with Gasteiger partial charge in [0.2, 0.25) is 11.5 Å². The summed E-state index contributed by atoms with van der Waals surface area (Å²) in [5, 5.41) is 2.89. The van der Waals surface area contributed by atoms with Crippen LogP contribution in [0.3, 0.4) is 0 Å². The Morgan fingerprint density at radius 1 is 1.00 bits per heavy atom. The molecule has 9 nitrogen and oxygen atoms in total. The van der Waals surface area contributed by atoms with Gasteiger partial charge in [0.1, 0.15) is 5.75 Å². The van der Waals surface area contributed by atoms with Gasteiger partial charge in [-0.05, 0) is 68.5 Å². The highest BCUT2D eigenvalue weighted by Gasteiger charge is 2.48. The quantitative estimate of drug-likeness (QED) is 0.214. The number of likely N-dealkylation sites (N-methyl/N-ethyl adjacent to an activating group) is 2. The molecule has 0 spiro atoms. The SMILES string of the molecule is CCN(CCN(C)C(=O)C1(Oc2ccc(C(F)(F)F)cc2)CCCN(C(=O)c2cnccc2C(F)(F)F)C1)c1ccccc1NC(=O)CSC. The molecule has 50 heavy (non-hydrogen) atoms. The Morgan fingerprint density at radius 2 is 1.70 bits per heavy atom. The second-order valence-corrected chi connectivity index (χ2v) is 12.5. The van der Waals surface area contributed by atoms with Gasteiger partial charge in [-0.3, -0.25) is 19.4 Å². The van der Waals surface area contributed by atoms with Gasteiger partial charge >= 0.3 is 12.4 Å². The van der Waals surface area contributed by atoms with E-state index in [1.807, 2.05) is 30.2 Å². The predicted octanol–water partition coefficient (Wildman–Crippen LogP) is 6.46. The van der Waals surface area contributed by atoms with Crippen molar-refractivity contribution in [1.82, 2.24) is 14.8 Å². The van der Waals surface area contributed by atoms with Crippen LogP contribution in [-0.4, -0.2) is 89.9 Å². The third-order valence-electron chi connectivity index (χ3n) is 8.21. The van der Waals surface area contributed by atoms with Crippen LogP contribution in [0.5, 0.6) is 5.75 Å². The van der Waals surface area contributed by atoms with Crippen LogP contribution in [0.4, 0.5) is 37.7 Å². The molecule has 3 aromatic rings. The first-order valence-corrected chi connectivity index (χ1v) is 17.0. The normalized spacial score (nSPS) is 16.5. The molecule has 0 radical (unpaired) electrons. The highest BCUT2D eigenvalue weighted by atomic mass is 32.2. The van der Waals surface area contributed by atoms with E-state index in [1.54, 1.807) is 12.1 Å². The van der Waals surface area contributed by atoms with Crippen molar-refractivity contribution in [3.8, 4) is 5.75 Å². The molecule has 1 unspecified atom stereocenters. The second-order valence-electron chi connectivity index (χ2n) is 11.7. The number of halogens is 6. The molecule has 2 aromatic carbocycles. The number of thioether (sulfide) groups is 1. The summed E-state index contributed by atoms with van der Waals surface area (Å²) in [5.74, 6) is -1.64. The van der Waals surface area contributed by atoms with Crippen molar-refractivity contribution < 1.29 is 45.5 Å². The van der Waals surface area contributed by atoms with E-state index in [1.165, 1.54) is 23.7 Å². The van der Waals surface area contributed by atoms with E-state index in [0.717, 1.165) is 41.6 Å². The molecule has 0 aliphatic carbocycles. The van der Waals surface area contributed by atoms with Gasteiger partial charge in [0.15, 0.2) is 0 Å². The van der Waals surface area contributed by atoms with Crippen LogP contribution < -0.4 is 15.0 Å². The lowest BCUT2D eigenvalue weighted by atomic mass is 9.90. The summed E-state index contributed by atoms with van der Waals surface area (Å²) in [6.45, 7) is 2.34. The molecule has 3 amide bonds. The number of nitrogens with zero attached hydrogens (tertiary/aromatic N) is 4. The van der Waals surface area contributed by atoms with Crippen LogP contribution in [-0.2, 0) is 21.9 Å². The second kappa shape index (κ2) is 16.0. The molecular formula is C34H37F6N5O4S. The minimum atomic E-state index is -4.85. The first-order chi connectivity index (χ1) is 23.6. The minimum Gasteiger partial charge on any atom is -0.476 e. The lowest BCUT2D eigenvalue weighted by Gasteiger charge is -2.43. The number of pyridine rings is 1. The van der Waals surface area contributed by atoms with Crippen LogP contribution in [0.2, 0.25) is 0 Å². The average molecular weight is 726 g/mol. The van der Waals surface area contributed by atoms with Gasteiger partial charge in [0.25, 0.3) is 11.8 Å². The van der Waals surface area contributed by atoms with Crippen LogP contribution in [0.25, 0.3) is 0 Å². The molecule has 270 valence electrons. The van der Waals surface area contributed by atoms with Crippen molar-refractivity contribution in [3.05, 3.63) is 83.7 Å². The molecule has 1 aliphatic heterocycles. The lowest BCUT2D eigenvalue weighted by Crippen LogP contribution is -2.62. The Labute approximate surface area is 290 Å². The zero-order valence-electron chi connectivity index (χ0n) is 27.6. The Balaban J connectivity index is 1.62. The molecule has 1 atom stereocenters. The monoisotopic (exact) mass is 725 g/mol. The number of anilines is 2. The maximum Gasteiger partial charge on any atom is 0.417 e. The van der Waals surface area contributed by atoms with Crippen molar-refractivity contribution in [2.75, 3.05) is 62.0 Å². The maximum atomic E-state index is 14.3. The van der Waals surface area contributed by atoms with Crippen LogP contribution in [0.1, 0.15) is 41.3 Å². The first-order valence-electron chi connectivity index (χ1n) is 15.6. The molecule has 0 bridgehead atoms. The molecule has 1 fully saturated rings. The fourth-order valence-corrected chi connectivity index (χ4v) is 6.09. The van der Waals surface area contributed by atoms with Crippen molar-refractivity contribution in [1.29, 1.82) is 0 Å². The molecule has 1 aliphatic rings. The number of piperidine rings is 1. The van der Waals surface area contributed by atoms with Gasteiger partial charge in [0, 0.05) is 45.6 Å². The standard InChI is InChI=1S/C34H37F6N5O4S/c1-4-44(28-9-6-5-8-27(28)42-29(46)21-50-3)19-18-43(2)31(48)32(49-24-12-10-23(11-13-24)33(35,36)37)15-7-17-45(22-32)30(47)25-20-41-16-14-26(25)34(38,39)40/h5-6,8-14,16,20H,4,7,15,17-19,21-22H2,1-3H3,(H,42,46). The molecule has 2 heterocycles. The average Bonchev–Trinajstić information content (AvgIpc) is 3.08. The Hall–Kier alpha value is -4.47. The Kier molecular flexibility index (Phi) is 12.3. The van der Waals surface area contributed by atoms with E-state index in [4.69, 9.17) is 4.74 Å². The van der Waals surface area contributed by atoms with Gasteiger partial charge in [-0.1, -0.05) is 12.1 Å². The summed E-state index contributed by atoms with van der Waals surface area (Å²) in [6.07, 6.45) is -5.75. The van der Waals surface area contributed by atoms with Crippen molar-refractivity contribution in [3.63, 3.8) is 0 Å². The lowest BCUT2D eigenvalue weighted by molar-refractivity contribution is -0.151. The molecular weight excluding hydrogens is 688 g/mol. The van der Waals surface area contributed by atoms with Gasteiger partial charge in [-0.15, -0.1) is 0 Å². The molecule has 1 aromatic heterocycles. The molecule has 4 rings (SSSR count). The molecule has 0 saturated carbocycles. The minimum absolute atomic E-state index is 0.00277. The Bertz CT molecular complexity index is 1660. The summed E-state index contributed by atoms with van der Waals surface area (Å²) >= 11 is 1.37. The topological polar surface area (TPSA) is 95.1 Å². The highest BCUT2D eigenvalue weighted by molar-refractivity contribution is 7.99. The van der Waals surface area contributed by atoms with E-state index in [0.29, 0.717) is 24.0 Å². The van der Waals surface area contributed by atoms with Crippen LogP contribution >= 0.6 is 11.8 Å². The third-order valence-corrected chi connectivity index (χ3v) is 8.76. The molecule has 1 saturated heterocycles. The number of alkyl halides is 6. The van der Waals surface area contributed by atoms with Gasteiger partial charge in [-0.2, -0.15) is 38.1 Å². The van der Waals surface area contributed by atoms with E-state index >= 15 is 0 Å². The number of nitrogens with one attached hydrogen (secondary N) is 1. The van der Waals surface area contributed by atoms with Gasteiger partial charge in [-0.25, -0.2) is 0 Å². The smallest absolute Gasteiger partial charge is 0.417 e. The number of carbonyl (C=O) groups excluding carboxylic acids is 3.